The van der Waals surface area contributed by atoms with Gasteiger partial charge >= 0.3 is 0 Å². The topological polar surface area (TPSA) is 87.5 Å². The molecular weight excluding hydrogens is 440 g/mol. The summed E-state index contributed by atoms with van der Waals surface area (Å²) in [4.78, 5) is 27.9. The molecule has 1 aliphatic heterocycles. The van der Waals surface area contributed by atoms with E-state index >= 15 is 0 Å². The van der Waals surface area contributed by atoms with Gasteiger partial charge in [0.2, 0.25) is 11.8 Å². The molecule has 7 heteroatoms. The largest absolute Gasteiger partial charge is 0.391 e. The molecule has 7 nitrogen and oxygen atoms in total. The molecule has 0 radical (unpaired) electrons. The van der Waals surface area contributed by atoms with E-state index < -0.39 is 12.1 Å². The first kappa shape index (κ1) is 26.9. The molecule has 1 aromatic heterocycles. The number of benzene rings is 1. The number of fused-ring (bicyclic) bond motifs is 1. The van der Waals surface area contributed by atoms with Crippen molar-refractivity contribution >= 4 is 11.8 Å². The number of β-amino-alcohol motifs (C(OH)–C–C–N with tert-alkyl or cyclic N) is 1. The summed E-state index contributed by atoms with van der Waals surface area (Å²) in [7, 11) is 0. The minimum atomic E-state index is -0.663. The summed E-state index contributed by atoms with van der Waals surface area (Å²) in [5.74, 6) is -0.232. The van der Waals surface area contributed by atoms with Gasteiger partial charge in [0.15, 0.2) is 0 Å². The number of amides is 2. The highest BCUT2D eigenvalue weighted by molar-refractivity contribution is 5.89. The van der Waals surface area contributed by atoms with Crippen molar-refractivity contribution in [1.29, 1.82) is 0 Å². The maximum atomic E-state index is 13.4. The summed E-state index contributed by atoms with van der Waals surface area (Å²) in [5.41, 5.74) is 4.67. The summed E-state index contributed by atoms with van der Waals surface area (Å²) in [6, 6.07) is 7.60. The summed E-state index contributed by atoms with van der Waals surface area (Å²) in [5, 5.41) is 17.9. The van der Waals surface area contributed by atoms with Crippen molar-refractivity contribution in [2.24, 2.45) is 11.8 Å². The van der Waals surface area contributed by atoms with Crippen molar-refractivity contribution in [3.8, 4) is 11.3 Å². The van der Waals surface area contributed by atoms with Crippen LogP contribution in [0.3, 0.4) is 0 Å². The maximum absolute atomic E-state index is 13.4. The molecule has 0 spiro atoms. The molecule has 2 amide bonds. The maximum Gasteiger partial charge on any atom is 0.243 e. The standard InChI is InChI=1S/C26H36N4O3.C2H6/c1-5-30-23(12-13-27-30)21-10-6-9-20-19(21)8-7-11-22(20)28-25(32)24-14-18(31)15-29(24)26(33)17(4)16(2)3;1-2/h6,9-10,12-13,16-18,22,24,31H,5,7-8,11,14-15H2,1-4H3,(H,28,32);1-2H3. The molecule has 192 valence electrons. The predicted molar refractivity (Wildman–Crippen MR) is 139 cm³/mol. The van der Waals surface area contributed by atoms with Gasteiger partial charge in [-0.3, -0.25) is 14.3 Å². The third kappa shape index (κ3) is 5.61. The highest BCUT2D eigenvalue weighted by Gasteiger charge is 2.41. The molecule has 4 atom stereocenters. The Morgan fingerprint density at radius 1 is 1.20 bits per heavy atom. The van der Waals surface area contributed by atoms with E-state index in [1.54, 1.807) is 4.90 Å². The molecule has 0 bridgehead atoms. The molecule has 1 aromatic carbocycles. The average Bonchev–Trinajstić information content (AvgIpc) is 3.50. The Labute approximate surface area is 209 Å². The van der Waals surface area contributed by atoms with E-state index in [-0.39, 0.29) is 42.7 Å². The fourth-order valence-corrected chi connectivity index (χ4v) is 5.17. The van der Waals surface area contributed by atoms with Gasteiger partial charge in [-0.25, -0.2) is 0 Å². The van der Waals surface area contributed by atoms with Crippen LogP contribution in [0.25, 0.3) is 11.3 Å². The third-order valence-electron chi connectivity index (χ3n) is 7.37. The lowest BCUT2D eigenvalue weighted by molar-refractivity contribution is -0.142. The molecule has 2 N–H and O–H groups in total. The second-order valence-electron chi connectivity index (χ2n) is 9.79. The van der Waals surface area contributed by atoms with E-state index in [2.05, 4.69) is 29.5 Å². The Morgan fingerprint density at radius 2 is 1.94 bits per heavy atom. The van der Waals surface area contributed by atoms with Crippen molar-refractivity contribution in [2.75, 3.05) is 6.54 Å². The van der Waals surface area contributed by atoms with Gasteiger partial charge in [0.1, 0.15) is 6.04 Å². The fraction of sp³-hybridized carbons (Fsp3) is 0.607. The van der Waals surface area contributed by atoms with Crippen LogP contribution in [0, 0.1) is 11.8 Å². The van der Waals surface area contributed by atoms with Crippen LogP contribution in [0.4, 0.5) is 0 Å². The molecule has 4 rings (SSSR count). The van der Waals surface area contributed by atoms with E-state index in [0.29, 0.717) is 0 Å². The molecule has 1 fully saturated rings. The van der Waals surface area contributed by atoms with Crippen LogP contribution in [0.2, 0.25) is 0 Å². The van der Waals surface area contributed by atoms with Crippen molar-refractivity contribution in [2.45, 2.75) is 92.0 Å². The number of hydrogen-bond acceptors (Lipinski definition) is 4. The first-order valence-electron chi connectivity index (χ1n) is 13.2. The number of aliphatic hydroxyl groups excluding tert-OH is 1. The van der Waals surface area contributed by atoms with Crippen LogP contribution < -0.4 is 5.32 Å². The summed E-state index contributed by atoms with van der Waals surface area (Å²) >= 11 is 0. The zero-order valence-corrected chi connectivity index (χ0v) is 22.1. The molecule has 4 unspecified atom stereocenters. The Balaban J connectivity index is 0.00000167. The number of rotatable bonds is 6. The van der Waals surface area contributed by atoms with E-state index in [0.717, 1.165) is 37.1 Å². The number of carbonyl (C=O) groups is 2. The van der Waals surface area contributed by atoms with Crippen molar-refractivity contribution in [1.82, 2.24) is 20.0 Å². The second kappa shape index (κ2) is 11.8. The van der Waals surface area contributed by atoms with E-state index in [9.17, 15) is 14.7 Å². The van der Waals surface area contributed by atoms with Gasteiger partial charge in [-0.2, -0.15) is 5.10 Å². The molecule has 35 heavy (non-hydrogen) atoms. The number of aromatic nitrogens is 2. The first-order chi connectivity index (χ1) is 16.8. The van der Waals surface area contributed by atoms with Gasteiger partial charge in [-0.15, -0.1) is 0 Å². The number of carbonyl (C=O) groups excluding carboxylic acids is 2. The highest BCUT2D eigenvalue weighted by atomic mass is 16.3. The van der Waals surface area contributed by atoms with Gasteiger partial charge < -0.3 is 15.3 Å². The Morgan fingerprint density at radius 3 is 2.63 bits per heavy atom. The van der Waals surface area contributed by atoms with Crippen LogP contribution in [0.1, 0.15) is 78.0 Å². The van der Waals surface area contributed by atoms with Crippen LogP contribution >= 0.6 is 0 Å². The Bertz CT molecular complexity index is 1020. The van der Waals surface area contributed by atoms with Crippen molar-refractivity contribution in [3.05, 3.63) is 41.6 Å². The van der Waals surface area contributed by atoms with E-state index in [1.807, 2.05) is 57.6 Å². The third-order valence-corrected chi connectivity index (χ3v) is 7.37. The highest BCUT2D eigenvalue weighted by Crippen LogP contribution is 2.36. The number of hydrogen-bond donors (Lipinski definition) is 2. The molecule has 1 aliphatic carbocycles. The lowest BCUT2D eigenvalue weighted by Gasteiger charge is -2.32. The summed E-state index contributed by atoms with van der Waals surface area (Å²) in [6.45, 7) is 13.0. The quantitative estimate of drug-likeness (QED) is 0.641. The first-order valence-corrected chi connectivity index (χ1v) is 13.2. The van der Waals surface area contributed by atoms with Crippen molar-refractivity contribution < 1.29 is 14.7 Å². The summed E-state index contributed by atoms with van der Waals surface area (Å²) < 4.78 is 2.00. The van der Waals surface area contributed by atoms with Crippen LogP contribution in [-0.2, 0) is 22.6 Å². The molecule has 1 saturated heterocycles. The fourth-order valence-electron chi connectivity index (χ4n) is 5.17. The molecule has 2 heterocycles. The van der Waals surface area contributed by atoms with Gasteiger partial charge in [0, 0.05) is 37.2 Å². The Kier molecular flexibility index (Phi) is 9.11. The number of likely N-dealkylation sites (tertiary alicyclic amines) is 1. The lowest BCUT2D eigenvalue weighted by atomic mass is 9.84. The number of aliphatic hydroxyl groups is 1. The lowest BCUT2D eigenvalue weighted by Crippen LogP contribution is -2.49. The smallest absolute Gasteiger partial charge is 0.243 e. The average molecular weight is 483 g/mol. The van der Waals surface area contributed by atoms with Crippen LogP contribution in [0.15, 0.2) is 30.5 Å². The van der Waals surface area contributed by atoms with E-state index in [4.69, 9.17) is 0 Å². The normalized spacial score (nSPS) is 22.3. The predicted octanol–water partition coefficient (Wildman–Crippen LogP) is 4.34. The zero-order chi connectivity index (χ0) is 25.7. The number of nitrogens with zero attached hydrogens (tertiary/aromatic N) is 3. The monoisotopic (exact) mass is 482 g/mol. The number of nitrogens with one attached hydrogen (secondary N) is 1. The van der Waals surface area contributed by atoms with Gasteiger partial charge in [-0.1, -0.05) is 52.8 Å². The van der Waals surface area contributed by atoms with Gasteiger partial charge in [0.05, 0.1) is 17.8 Å². The van der Waals surface area contributed by atoms with Gasteiger partial charge in [0.25, 0.3) is 0 Å². The Hall–Kier alpha value is -2.67. The SMILES string of the molecule is CC.CCn1nccc1-c1cccc2c1CCCC2NC(=O)C1CC(O)CN1C(=O)C(C)C(C)C. The molecule has 2 aromatic rings. The van der Waals surface area contributed by atoms with Crippen LogP contribution in [-0.4, -0.2) is 50.3 Å². The number of aryl methyl sites for hydroxylation is 1. The second-order valence-corrected chi connectivity index (χ2v) is 9.79. The molecule has 0 saturated carbocycles. The van der Waals surface area contributed by atoms with Gasteiger partial charge in [-0.05, 0) is 49.3 Å². The molecule has 2 aliphatic rings. The van der Waals surface area contributed by atoms with E-state index in [1.165, 1.54) is 11.1 Å². The minimum absolute atomic E-state index is 0.0548. The zero-order valence-electron chi connectivity index (χ0n) is 22.1. The minimum Gasteiger partial charge on any atom is -0.391 e. The van der Waals surface area contributed by atoms with Crippen LogP contribution in [0.5, 0.6) is 0 Å². The molecular formula is C28H42N4O3. The van der Waals surface area contributed by atoms with Crippen molar-refractivity contribution in [3.63, 3.8) is 0 Å². The summed E-state index contributed by atoms with van der Waals surface area (Å²) in [6.07, 6.45) is 4.26.